The number of aromatic nitrogens is 1. The van der Waals surface area contributed by atoms with Gasteiger partial charge in [-0.05, 0) is 35.8 Å². The van der Waals surface area contributed by atoms with Gasteiger partial charge in [-0.3, -0.25) is 14.9 Å². The minimum atomic E-state index is -0.386. The first-order valence-corrected chi connectivity index (χ1v) is 8.80. The third-order valence-electron chi connectivity index (χ3n) is 4.24. The molecule has 0 saturated carbocycles. The predicted molar refractivity (Wildman–Crippen MR) is 99.6 cm³/mol. The Labute approximate surface area is 148 Å². The highest BCUT2D eigenvalue weighted by Crippen LogP contribution is 2.34. The highest BCUT2D eigenvalue weighted by molar-refractivity contribution is 5.87. The summed E-state index contributed by atoms with van der Waals surface area (Å²) in [5.41, 5.74) is 1.91. The van der Waals surface area contributed by atoms with Crippen LogP contribution in [-0.2, 0) is 4.79 Å². The minimum absolute atomic E-state index is 0.0270. The summed E-state index contributed by atoms with van der Waals surface area (Å²) in [7, 11) is 0. The maximum absolute atomic E-state index is 12.3. The van der Waals surface area contributed by atoms with Gasteiger partial charge in [0.25, 0.3) is 5.69 Å². The highest BCUT2D eigenvalue weighted by Gasteiger charge is 2.22. The number of aromatic amines is 1. The van der Waals surface area contributed by atoms with Crippen LogP contribution in [0.5, 0.6) is 0 Å². The standard InChI is InChI=1S/C19H27N3O3/c1-12(2)7-14(8-19(23)21-10-13(3)4)17-11-20-18-6-5-15(22(24)25)9-16(17)18/h5-6,9,11-14,20H,7-8,10H2,1-4H3,(H,21,23)/t14-/m1/s1. The maximum Gasteiger partial charge on any atom is 0.270 e. The van der Waals surface area contributed by atoms with Crippen LogP contribution in [-0.4, -0.2) is 22.4 Å². The summed E-state index contributed by atoms with van der Waals surface area (Å²) in [6.45, 7) is 9.02. The summed E-state index contributed by atoms with van der Waals surface area (Å²) >= 11 is 0. The fraction of sp³-hybridized carbons (Fsp3) is 0.526. The van der Waals surface area contributed by atoms with E-state index in [1.165, 1.54) is 6.07 Å². The Morgan fingerprint density at radius 2 is 1.96 bits per heavy atom. The van der Waals surface area contributed by atoms with Crippen molar-refractivity contribution in [1.29, 1.82) is 0 Å². The maximum atomic E-state index is 12.3. The Kier molecular flexibility index (Phi) is 6.17. The molecule has 1 aromatic carbocycles. The van der Waals surface area contributed by atoms with Gasteiger partial charge in [0.2, 0.25) is 5.91 Å². The van der Waals surface area contributed by atoms with Gasteiger partial charge in [0.05, 0.1) is 4.92 Å². The highest BCUT2D eigenvalue weighted by atomic mass is 16.6. The van der Waals surface area contributed by atoms with Crippen LogP contribution < -0.4 is 5.32 Å². The molecule has 1 amide bonds. The van der Waals surface area contributed by atoms with Gasteiger partial charge in [-0.1, -0.05) is 27.7 Å². The molecule has 0 saturated heterocycles. The summed E-state index contributed by atoms with van der Waals surface area (Å²) < 4.78 is 0. The average Bonchev–Trinajstić information content (AvgIpc) is 2.94. The molecule has 2 rings (SSSR count). The number of fused-ring (bicyclic) bond motifs is 1. The van der Waals surface area contributed by atoms with E-state index in [4.69, 9.17) is 0 Å². The first-order chi connectivity index (χ1) is 11.8. The molecule has 6 nitrogen and oxygen atoms in total. The number of nitro benzene ring substituents is 1. The molecule has 0 fully saturated rings. The Bertz CT molecular complexity index is 749. The molecule has 0 unspecified atom stereocenters. The number of nitrogens with zero attached hydrogens (tertiary/aromatic N) is 1. The lowest BCUT2D eigenvalue weighted by molar-refractivity contribution is -0.384. The number of H-pyrrole nitrogens is 1. The fourth-order valence-corrected chi connectivity index (χ4v) is 3.08. The second-order valence-corrected chi connectivity index (χ2v) is 7.46. The van der Waals surface area contributed by atoms with E-state index in [9.17, 15) is 14.9 Å². The number of amides is 1. The van der Waals surface area contributed by atoms with Gasteiger partial charge >= 0.3 is 0 Å². The molecular weight excluding hydrogens is 318 g/mol. The Balaban J connectivity index is 2.30. The first-order valence-electron chi connectivity index (χ1n) is 8.80. The third-order valence-corrected chi connectivity index (χ3v) is 4.24. The number of nitrogens with one attached hydrogen (secondary N) is 2. The van der Waals surface area contributed by atoms with Crippen molar-refractivity contribution in [2.24, 2.45) is 11.8 Å². The zero-order chi connectivity index (χ0) is 18.6. The van der Waals surface area contributed by atoms with Crippen LogP contribution in [0.3, 0.4) is 0 Å². The molecule has 25 heavy (non-hydrogen) atoms. The van der Waals surface area contributed by atoms with E-state index < -0.39 is 0 Å². The summed E-state index contributed by atoms with van der Waals surface area (Å²) in [5.74, 6) is 0.886. The zero-order valence-corrected chi connectivity index (χ0v) is 15.3. The smallest absolute Gasteiger partial charge is 0.270 e. The van der Waals surface area contributed by atoms with Crippen LogP contribution in [0, 0.1) is 22.0 Å². The van der Waals surface area contributed by atoms with Crippen molar-refractivity contribution in [1.82, 2.24) is 10.3 Å². The van der Waals surface area contributed by atoms with Gasteiger partial charge in [0, 0.05) is 42.2 Å². The lowest BCUT2D eigenvalue weighted by Gasteiger charge is -2.19. The van der Waals surface area contributed by atoms with Crippen LogP contribution in [0.4, 0.5) is 5.69 Å². The molecule has 0 spiro atoms. The third kappa shape index (κ3) is 5.05. The van der Waals surface area contributed by atoms with Gasteiger partial charge < -0.3 is 10.3 Å². The summed E-state index contributed by atoms with van der Waals surface area (Å²) in [4.78, 5) is 26.2. The first kappa shape index (κ1) is 19.0. The van der Waals surface area contributed by atoms with Gasteiger partial charge in [-0.2, -0.15) is 0 Å². The number of rotatable bonds is 8. The largest absolute Gasteiger partial charge is 0.361 e. The Morgan fingerprint density at radius 3 is 2.56 bits per heavy atom. The molecule has 2 aromatic rings. The predicted octanol–water partition coefficient (Wildman–Crippen LogP) is 4.37. The summed E-state index contributed by atoms with van der Waals surface area (Å²) in [5, 5.41) is 14.9. The summed E-state index contributed by atoms with van der Waals surface area (Å²) in [6, 6.07) is 4.82. The molecule has 1 aromatic heterocycles. The molecule has 1 heterocycles. The normalized spacial score (nSPS) is 12.7. The summed E-state index contributed by atoms with van der Waals surface area (Å²) in [6.07, 6.45) is 3.13. The van der Waals surface area contributed by atoms with E-state index in [1.54, 1.807) is 12.1 Å². The van der Waals surface area contributed by atoms with Crippen molar-refractivity contribution in [2.75, 3.05) is 6.54 Å². The van der Waals surface area contributed by atoms with E-state index in [0.29, 0.717) is 24.8 Å². The SMILES string of the molecule is CC(C)CNC(=O)C[C@@H](CC(C)C)c1c[nH]c2ccc([N+](=O)[O-])cc12. The number of nitro groups is 1. The van der Waals surface area contributed by atoms with Crippen molar-refractivity contribution in [3.8, 4) is 0 Å². The molecule has 0 aliphatic heterocycles. The minimum Gasteiger partial charge on any atom is -0.361 e. The Hall–Kier alpha value is -2.37. The molecule has 0 bridgehead atoms. The second-order valence-electron chi connectivity index (χ2n) is 7.46. The molecule has 0 radical (unpaired) electrons. The number of benzene rings is 1. The molecule has 6 heteroatoms. The molecular formula is C19H27N3O3. The molecule has 1 atom stereocenters. The van der Waals surface area contributed by atoms with Crippen molar-refractivity contribution in [2.45, 2.75) is 46.5 Å². The van der Waals surface area contributed by atoms with E-state index in [0.717, 1.165) is 22.9 Å². The lowest BCUT2D eigenvalue weighted by atomic mass is 9.87. The number of carbonyl (C=O) groups excluding carboxylic acids is 1. The molecule has 136 valence electrons. The van der Waals surface area contributed by atoms with Gasteiger partial charge in [0.15, 0.2) is 0 Å². The fourth-order valence-electron chi connectivity index (χ4n) is 3.08. The van der Waals surface area contributed by atoms with Crippen molar-refractivity contribution in [3.05, 3.63) is 40.1 Å². The molecule has 0 aliphatic carbocycles. The van der Waals surface area contributed by atoms with Crippen LogP contribution in [0.15, 0.2) is 24.4 Å². The van der Waals surface area contributed by atoms with E-state index in [1.807, 2.05) is 6.20 Å². The van der Waals surface area contributed by atoms with Crippen LogP contribution >= 0.6 is 0 Å². The van der Waals surface area contributed by atoms with Crippen molar-refractivity contribution in [3.63, 3.8) is 0 Å². The van der Waals surface area contributed by atoms with Crippen LogP contribution in [0.25, 0.3) is 10.9 Å². The quantitative estimate of drug-likeness (QED) is 0.550. The van der Waals surface area contributed by atoms with E-state index >= 15 is 0 Å². The number of non-ortho nitro benzene ring substituents is 1. The van der Waals surface area contributed by atoms with Crippen molar-refractivity contribution < 1.29 is 9.72 Å². The Morgan fingerprint density at radius 1 is 1.24 bits per heavy atom. The number of carbonyl (C=O) groups is 1. The van der Waals surface area contributed by atoms with Crippen LogP contribution in [0.1, 0.15) is 52.0 Å². The topological polar surface area (TPSA) is 88.0 Å². The van der Waals surface area contributed by atoms with Gasteiger partial charge in [-0.25, -0.2) is 0 Å². The number of hydrogen-bond acceptors (Lipinski definition) is 3. The van der Waals surface area contributed by atoms with Gasteiger partial charge in [-0.15, -0.1) is 0 Å². The second kappa shape index (κ2) is 8.14. The van der Waals surface area contributed by atoms with Crippen LogP contribution in [0.2, 0.25) is 0 Å². The zero-order valence-electron chi connectivity index (χ0n) is 15.3. The number of hydrogen-bond donors (Lipinski definition) is 2. The monoisotopic (exact) mass is 345 g/mol. The van der Waals surface area contributed by atoms with E-state index in [-0.39, 0.29) is 22.4 Å². The average molecular weight is 345 g/mol. The molecule has 0 aliphatic rings. The van der Waals surface area contributed by atoms with Crippen molar-refractivity contribution >= 4 is 22.5 Å². The van der Waals surface area contributed by atoms with E-state index in [2.05, 4.69) is 38.0 Å². The molecule has 2 N–H and O–H groups in total. The lowest BCUT2D eigenvalue weighted by Crippen LogP contribution is -2.28. The van der Waals surface area contributed by atoms with Gasteiger partial charge in [0.1, 0.15) is 0 Å².